The summed E-state index contributed by atoms with van der Waals surface area (Å²) in [6.07, 6.45) is 3.10. The van der Waals surface area contributed by atoms with Crippen LogP contribution in [0.2, 0.25) is 0 Å². The van der Waals surface area contributed by atoms with Crippen LogP contribution in [0.3, 0.4) is 0 Å². The SMILES string of the molecule is CCOC(CCN(C)C)CNC(=O)[C@@H]1CCCN1. The normalized spacial score (nSPS) is 21.2. The smallest absolute Gasteiger partial charge is 0.237 e. The minimum atomic E-state index is 0.00104. The molecular weight excluding hydrogens is 230 g/mol. The first-order valence-corrected chi connectivity index (χ1v) is 6.91. The minimum absolute atomic E-state index is 0.00104. The van der Waals surface area contributed by atoms with E-state index in [1.165, 1.54) is 0 Å². The third-order valence-electron chi connectivity index (χ3n) is 3.18. The largest absolute Gasteiger partial charge is 0.377 e. The number of ether oxygens (including phenoxy) is 1. The average molecular weight is 257 g/mol. The van der Waals surface area contributed by atoms with Crippen LogP contribution in [-0.4, -0.2) is 63.3 Å². The molecule has 2 N–H and O–H groups in total. The molecular formula is C13H27N3O2. The van der Waals surface area contributed by atoms with Crippen LogP contribution < -0.4 is 10.6 Å². The Balaban J connectivity index is 2.24. The minimum Gasteiger partial charge on any atom is -0.377 e. The van der Waals surface area contributed by atoms with E-state index in [4.69, 9.17) is 4.74 Å². The van der Waals surface area contributed by atoms with E-state index >= 15 is 0 Å². The van der Waals surface area contributed by atoms with E-state index in [-0.39, 0.29) is 18.1 Å². The lowest BCUT2D eigenvalue weighted by Gasteiger charge is -2.20. The van der Waals surface area contributed by atoms with Crippen molar-refractivity contribution in [2.75, 3.05) is 40.3 Å². The summed E-state index contributed by atoms with van der Waals surface area (Å²) in [6.45, 7) is 5.22. The first kappa shape index (κ1) is 15.4. The molecule has 0 aromatic carbocycles. The van der Waals surface area contributed by atoms with Gasteiger partial charge in [0, 0.05) is 19.7 Å². The van der Waals surface area contributed by atoms with Gasteiger partial charge < -0.3 is 20.3 Å². The molecule has 0 aromatic rings. The van der Waals surface area contributed by atoms with E-state index in [2.05, 4.69) is 15.5 Å². The molecule has 1 saturated heterocycles. The topological polar surface area (TPSA) is 53.6 Å². The van der Waals surface area contributed by atoms with Gasteiger partial charge in [-0.2, -0.15) is 0 Å². The van der Waals surface area contributed by atoms with Crippen LogP contribution in [0.1, 0.15) is 26.2 Å². The second-order valence-electron chi connectivity index (χ2n) is 5.06. The lowest BCUT2D eigenvalue weighted by atomic mass is 10.2. The Morgan fingerprint density at radius 3 is 2.89 bits per heavy atom. The Bertz CT molecular complexity index is 240. The van der Waals surface area contributed by atoms with Gasteiger partial charge in [0.05, 0.1) is 12.1 Å². The van der Waals surface area contributed by atoms with Gasteiger partial charge in [0.25, 0.3) is 0 Å². The number of amides is 1. The van der Waals surface area contributed by atoms with Gasteiger partial charge in [-0.05, 0) is 46.8 Å². The van der Waals surface area contributed by atoms with Crippen molar-refractivity contribution in [3.05, 3.63) is 0 Å². The van der Waals surface area contributed by atoms with E-state index in [1.54, 1.807) is 0 Å². The fourth-order valence-corrected chi connectivity index (χ4v) is 2.13. The summed E-state index contributed by atoms with van der Waals surface area (Å²) in [5.74, 6) is 0.113. The summed E-state index contributed by atoms with van der Waals surface area (Å²) < 4.78 is 5.64. The van der Waals surface area contributed by atoms with Crippen molar-refractivity contribution in [2.24, 2.45) is 0 Å². The van der Waals surface area contributed by atoms with E-state index in [0.717, 1.165) is 32.4 Å². The molecule has 18 heavy (non-hydrogen) atoms. The zero-order valence-corrected chi connectivity index (χ0v) is 11.9. The van der Waals surface area contributed by atoms with E-state index < -0.39 is 0 Å². The van der Waals surface area contributed by atoms with Crippen molar-refractivity contribution in [1.29, 1.82) is 0 Å². The molecule has 0 aliphatic carbocycles. The van der Waals surface area contributed by atoms with Crippen LogP contribution in [0, 0.1) is 0 Å². The molecule has 1 aliphatic heterocycles. The number of hydrogen-bond acceptors (Lipinski definition) is 4. The van der Waals surface area contributed by atoms with Crippen LogP contribution in [0.4, 0.5) is 0 Å². The van der Waals surface area contributed by atoms with Crippen LogP contribution in [0.5, 0.6) is 0 Å². The highest BCUT2D eigenvalue weighted by Gasteiger charge is 2.22. The van der Waals surface area contributed by atoms with E-state index in [9.17, 15) is 4.79 Å². The van der Waals surface area contributed by atoms with Gasteiger partial charge in [0.15, 0.2) is 0 Å². The molecule has 1 fully saturated rings. The molecule has 1 heterocycles. The van der Waals surface area contributed by atoms with Gasteiger partial charge in [0.2, 0.25) is 5.91 Å². The fraction of sp³-hybridized carbons (Fsp3) is 0.923. The highest BCUT2D eigenvalue weighted by atomic mass is 16.5. The number of rotatable bonds is 8. The monoisotopic (exact) mass is 257 g/mol. The maximum absolute atomic E-state index is 11.9. The van der Waals surface area contributed by atoms with Gasteiger partial charge in [0.1, 0.15) is 0 Å². The molecule has 1 rings (SSSR count). The van der Waals surface area contributed by atoms with Crippen LogP contribution in [0.25, 0.3) is 0 Å². The maximum atomic E-state index is 11.9. The van der Waals surface area contributed by atoms with Gasteiger partial charge >= 0.3 is 0 Å². The van der Waals surface area contributed by atoms with Crippen molar-refractivity contribution >= 4 is 5.91 Å². The fourth-order valence-electron chi connectivity index (χ4n) is 2.13. The number of nitrogens with one attached hydrogen (secondary N) is 2. The zero-order valence-electron chi connectivity index (χ0n) is 11.9. The molecule has 1 unspecified atom stereocenters. The highest BCUT2D eigenvalue weighted by Crippen LogP contribution is 2.05. The summed E-state index contributed by atoms with van der Waals surface area (Å²) in [6, 6.07) is 0.00104. The van der Waals surface area contributed by atoms with Crippen molar-refractivity contribution in [1.82, 2.24) is 15.5 Å². The van der Waals surface area contributed by atoms with E-state index in [0.29, 0.717) is 13.2 Å². The van der Waals surface area contributed by atoms with Crippen molar-refractivity contribution in [3.63, 3.8) is 0 Å². The Labute approximate surface area is 110 Å². The summed E-state index contributed by atoms with van der Waals surface area (Å²) in [7, 11) is 4.09. The quantitative estimate of drug-likeness (QED) is 0.653. The van der Waals surface area contributed by atoms with Gasteiger partial charge in [-0.15, -0.1) is 0 Å². The molecule has 0 bridgehead atoms. The molecule has 0 spiro atoms. The van der Waals surface area contributed by atoms with Crippen LogP contribution in [-0.2, 0) is 9.53 Å². The molecule has 1 aliphatic rings. The maximum Gasteiger partial charge on any atom is 0.237 e. The lowest BCUT2D eigenvalue weighted by molar-refractivity contribution is -0.123. The first-order valence-electron chi connectivity index (χ1n) is 6.91. The molecule has 0 radical (unpaired) electrons. The van der Waals surface area contributed by atoms with Crippen molar-refractivity contribution in [3.8, 4) is 0 Å². The standard InChI is InChI=1S/C13H27N3O2/c1-4-18-11(7-9-16(2)3)10-15-13(17)12-6-5-8-14-12/h11-12,14H,4-10H2,1-3H3,(H,15,17)/t11?,12-/m0/s1. The Morgan fingerprint density at radius 1 is 1.56 bits per heavy atom. The third kappa shape index (κ3) is 5.80. The first-order chi connectivity index (χ1) is 8.63. The molecule has 5 heteroatoms. The third-order valence-corrected chi connectivity index (χ3v) is 3.18. The Kier molecular flexibility index (Phi) is 7.23. The predicted octanol–water partition coefficient (Wildman–Crippen LogP) is 0.211. The Hall–Kier alpha value is -0.650. The predicted molar refractivity (Wildman–Crippen MR) is 72.6 cm³/mol. The van der Waals surface area contributed by atoms with Crippen LogP contribution >= 0.6 is 0 Å². The Morgan fingerprint density at radius 2 is 2.33 bits per heavy atom. The summed E-state index contributed by atoms with van der Waals surface area (Å²) in [4.78, 5) is 14.0. The summed E-state index contributed by atoms with van der Waals surface area (Å²) in [5.41, 5.74) is 0. The summed E-state index contributed by atoms with van der Waals surface area (Å²) >= 11 is 0. The van der Waals surface area contributed by atoms with Gasteiger partial charge in [-0.3, -0.25) is 4.79 Å². The van der Waals surface area contributed by atoms with Crippen molar-refractivity contribution in [2.45, 2.75) is 38.3 Å². The zero-order chi connectivity index (χ0) is 13.4. The molecule has 2 atom stereocenters. The number of hydrogen-bond donors (Lipinski definition) is 2. The lowest BCUT2D eigenvalue weighted by Crippen LogP contribution is -2.44. The molecule has 106 valence electrons. The average Bonchev–Trinajstić information content (AvgIpc) is 2.86. The highest BCUT2D eigenvalue weighted by molar-refractivity contribution is 5.81. The van der Waals surface area contributed by atoms with Gasteiger partial charge in [-0.1, -0.05) is 0 Å². The second kappa shape index (κ2) is 8.45. The molecule has 5 nitrogen and oxygen atoms in total. The van der Waals surface area contributed by atoms with E-state index in [1.807, 2.05) is 21.0 Å². The van der Waals surface area contributed by atoms with Crippen molar-refractivity contribution < 1.29 is 9.53 Å². The second-order valence-corrected chi connectivity index (χ2v) is 5.06. The molecule has 0 saturated carbocycles. The number of carbonyl (C=O) groups is 1. The molecule has 0 aromatic heterocycles. The molecule has 1 amide bonds. The van der Waals surface area contributed by atoms with Crippen LogP contribution in [0.15, 0.2) is 0 Å². The van der Waals surface area contributed by atoms with Gasteiger partial charge in [-0.25, -0.2) is 0 Å². The number of nitrogens with zero attached hydrogens (tertiary/aromatic N) is 1. The number of carbonyl (C=O) groups excluding carboxylic acids is 1. The summed E-state index contributed by atoms with van der Waals surface area (Å²) in [5, 5.41) is 6.19.